The predicted octanol–water partition coefficient (Wildman–Crippen LogP) is 1.85. The second-order valence-corrected chi connectivity index (χ2v) is 3.55. The first-order chi connectivity index (χ1) is 9.40. The normalized spacial score (nSPS) is 11.8. The molecule has 20 heavy (non-hydrogen) atoms. The van der Waals surface area contributed by atoms with Crippen LogP contribution < -0.4 is 0 Å². The summed E-state index contributed by atoms with van der Waals surface area (Å²) in [6.07, 6.45) is 0.0842. The van der Waals surface area contributed by atoms with Gasteiger partial charge in [0.05, 0.1) is 31.2 Å². The lowest BCUT2D eigenvalue weighted by Gasteiger charge is -2.13. The number of nitrogens with one attached hydrogen (secondary N) is 1. The highest BCUT2D eigenvalue weighted by molar-refractivity contribution is 5.67. The average Bonchev–Trinajstić information content (AvgIpc) is 2.98. The van der Waals surface area contributed by atoms with E-state index in [2.05, 4.69) is 15.3 Å². The van der Waals surface area contributed by atoms with Crippen molar-refractivity contribution in [3.63, 3.8) is 0 Å². The van der Waals surface area contributed by atoms with E-state index in [1.807, 2.05) is 0 Å². The molecule has 2 rings (SSSR count). The van der Waals surface area contributed by atoms with Crippen LogP contribution in [-0.2, 0) is 4.79 Å². The number of aliphatic carboxylic acids is 1. The summed E-state index contributed by atoms with van der Waals surface area (Å²) in [5.74, 6) is -2.48. The largest absolute Gasteiger partial charge is 0.481 e. The van der Waals surface area contributed by atoms with Crippen molar-refractivity contribution in [3.8, 4) is 0 Å². The van der Waals surface area contributed by atoms with Crippen LogP contribution in [0, 0.1) is 11.6 Å². The van der Waals surface area contributed by atoms with Gasteiger partial charge in [-0.15, -0.1) is 0 Å². The summed E-state index contributed by atoms with van der Waals surface area (Å²) in [6, 6.07) is -1.63. The Morgan fingerprint density at radius 1 is 1.35 bits per heavy atom. The molecule has 2 N–H and O–H groups in total. The van der Waals surface area contributed by atoms with Gasteiger partial charge < -0.3 is 5.11 Å². The van der Waals surface area contributed by atoms with Gasteiger partial charge in [0.2, 0.25) is 0 Å². The summed E-state index contributed by atoms with van der Waals surface area (Å²) in [5.41, 5.74) is 0. The number of carbonyl (C=O) groups is 1. The summed E-state index contributed by atoms with van der Waals surface area (Å²) >= 11 is 0. The number of H-pyrrole nitrogens is 1. The fourth-order valence-corrected chi connectivity index (χ4v) is 1.21. The molecule has 0 bridgehead atoms. The summed E-state index contributed by atoms with van der Waals surface area (Å²) in [4.78, 5) is 10.2. The van der Waals surface area contributed by atoms with E-state index in [0.717, 1.165) is 18.6 Å². The van der Waals surface area contributed by atoms with E-state index >= 15 is 0 Å². The van der Waals surface area contributed by atoms with Gasteiger partial charge in [0, 0.05) is 0 Å². The third-order valence-corrected chi connectivity index (χ3v) is 2.05. The second-order valence-electron chi connectivity index (χ2n) is 3.55. The summed E-state index contributed by atoms with van der Waals surface area (Å²) in [5, 5.41) is 17.2. The van der Waals surface area contributed by atoms with E-state index in [0.29, 0.717) is 4.68 Å². The van der Waals surface area contributed by atoms with E-state index in [9.17, 15) is 22.4 Å². The Bertz CT molecular complexity index is 529. The average molecular weight is 294 g/mol. The zero-order valence-electron chi connectivity index (χ0n) is 9.88. The van der Waals surface area contributed by atoms with Crippen LogP contribution in [-0.4, -0.2) is 37.5 Å². The van der Waals surface area contributed by atoms with Crippen molar-refractivity contribution in [2.24, 2.45) is 0 Å². The molecule has 1 atom stereocenters. The fourth-order valence-electron chi connectivity index (χ4n) is 1.21. The third kappa shape index (κ3) is 5.08. The Balaban J connectivity index is 0.000000276. The molecule has 0 amide bonds. The van der Waals surface area contributed by atoms with Gasteiger partial charge in [-0.25, -0.2) is 17.6 Å². The van der Waals surface area contributed by atoms with Crippen LogP contribution in [0.15, 0.2) is 24.8 Å². The molecule has 0 aliphatic rings. The number of alkyl halides is 2. The highest BCUT2D eigenvalue weighted by Crippen LogP contribution is 2.19. The van der Waals surface area contributed by atoms with Crippen molar-refractivity contribution < 1.29 is 27.5 Å². The second kappa shape index (κ2) is 7.26. The molecule has 0 saturated heterocycles. The van der Waals surface area contributed by atoms with Crippen molar-refractivity contribution >= 4 is 5.97 Å². The minimum Gasteiger partial charge on any atom is -0.481 e. The van der Waals surface area contributed by atoms with Crippen molar-refractivity contribution in [2.45, 2.75) is 18.9 Å². The maximum Gasteiger partial charge on any atom is 0.305 e. The Hall–Kier alpha value is -2.39. The SMILES string of the molecule is Fc1cn[nH]c1.O=C(O)CC(C(F)F)n1cc(F)cn1. The number of carboxylic acids is 1. The molecule has 10 heteroatoms. The summed E-state index contributed by atoms with van der Waals surface area (Å²) in [7, 11) is 0. The minimum atomic E-state index is -2.90. The van der Waals surface area contributed by atoms with Gasteiger partial charge in [-0.05, 0) is 0 Å². The monoisotopic (exact) mass is 294 g/mol. The fraction of sp³-hybridized carbons (Fsp3) is 0.300. The molecule has 0 fully saturated rings. The van der Waals surface area contributed by atoms with Crippen molar-refractivity contribution in [3.05, 3.63) is 36.4 Å². The Labute approximate surface area is 110 Å². The van der Waals surface area contributed by atoms with Crippen LogP contribution in [0.1, 0.15) is 12.5 Å². The van der Waals surface area contributed by atoms with Gasteiger partial charge >= 0.3 is 5.97 Å². The topological polar surface area (TPSA) is 83.8 Å². The number of halogens is 4. The Morgan fingerprint density at radius 3 is 2.35 bits per heavy atom. The number of carboxylic acid groups (broad SMARTS) is 1. The molecule has 0 aliphatic heterocycles. The molecular weight excluding hydrogens is 284 g/mol. The highest BCUT2D eigenvalue weighted by atomic mass is 19.3. The molecule has 0 aromatic carbocycles. The maximum absolute atomic E-state index is 12.4. The van der Waals surface area contributed by atoms with Gasteiger partial charge in [-0.1, -0.05) is 0 Å². The zero-order chi connectivity index (χ0) is 15.1. The minimum absolute atomic E-state index is 0.324. The molecule has 110 valence electrons. The first-order valence-electron chi connectivity index (χ1n) is 5.24. The van der Waals surface area contributed by atoms with Crippen LogP contribution in [0.5, 0.6) is 0 Å². The van der Waals surface area contributed by atoms with E-state index in [1.165, 1.54) is 6.20 Å². The number of nitrogens with zero attached hydrogens (tertiary/aromatic N) is 3. The number of hydrogen-bond acceptors (Lipinski definition) is 3. The molecule has 0 radical (unpaired) electrons. The lowest BCUT2D eigenvalue weighted by molar-refractivity contribution is -0.139. The molecule has 1 unspecified atom stereocenters. The zero-order valence-corrected chi connectivity index (χ0v) is 9.88. The van der Waals surface area contributed by atoms with E-state index in [1.54, 1.807) is 0 Å². The number of rotatable bonds is 4. The van der Waals surface area contributed by atoms with Crippen molar-refractivity contribution in [2.75, 3.05) is 0 Å². The molecule has 6 nitrogen and oxygen atoms in total. The van der Waals surface area contributed by atoms with Crippen LogP contribution in [0.2, 0.25) is 0 Å². The summed E-state index contributed by atoms with van der Waals surface area (Å²) in [6.45, 7) is 0. The number of aromatic amines is 1. The molecule has 0 aliphatic carbocycles. The molecular formula is C10H10F4N4O2. The van der Waals surface area contributed by atoms with Gasteiger partial charge in [0.1, 0.15) is 6.04 Å². The third-order valence-electron chi connectivity index (χ3n) is 2.05. The predicted molar refractivity (Wildman–Crippen MR) is 58.0 cm³/mol. The van der Waals surface area contributed by atoms with Crippen molar-refractivity contribution in [1.82, 2.24) is 20.0 Å². The van der Waals surface area contributed by atoms with Crippen LogP contribution in [0.4, 0.5) is 17.6 Å². The first-order valence-corrected chi connectivity index (χ1v) is 5.24. The van der Waals surface area contributed by atoms with Crippen LogP contribution in [0.3, 0.4) is 0 Å². The van der Waals surface area contributed by atoms with Gasteiger partial charge in [0.15, 0.2) is 11.6 Å². The van der Waals surface area contributed by atoms with E-state index < -0.39 is 30.7 Å². The van der Waals surface area contributed by atoms with E-state index in [-0.39, 0.29) is 5.82 Å². The molecule has 0 saturated carbocycles. The molecule has 2 heterocycles. The van der Waals surface area contributed by atoms with E-state index in [4.69, 9.17) is 5.11 Å². The molecule has 0 spiro atoms. The van der Waals surface area contributed by atoms with Gasteiger partial charge in [-0.2, -0.15) is 10.2 Å². The van der Waals surface area contributed by atoms with Crippen LogP contribution in [0.25, 0.3) is 0 Å². The highest BCUT2D eigenvalue weighted by Gasteiger charge is 2.26. The molecule has 2 aromatic heterocycles. The Morgan fingerprint density at radius 2 is 2.05 bits per heavy atom. The van der Waals surface area contributed by atoms with Crippen molar-refractivity contribution in [1.29, 1.82) is 0 Å². The lowest BCUT2D eigenvalue weighted by Crippen LogP contribution is -2.21. The summed E-state index contributed by atoms with van der Waals surface area (Å²) < 4.78 is 49.2. The molecule has 2 aromatic rings. The Kier molecular flexibility index (Phi) is 5.69. The van der Waals surface area contributed by atoms with Gasteiger partial charge in [0.25, 0.3) is 6.43 Å². The van der Waals surface area contributed by atoms with Crippen LogP contribution >= 0.6 is 0 Å². The van der Waals surface area contributed by atoms with Gasteiger partial charge in [-0.3, -0.25) is 14.6 Å². The maximum atomic E-state index is 12.4. The quantitative estimate of drug-likeness (QED) is 0.843. The number of hydrogen-bond donors (Lipinski definition) is 2. The lowest BCUT2D eigenvalue weighted by atomic mass is 10.2. The standard InChI is InChI=1S/C7H7F3N2O2.C3H3FN2/c8-4-2-11-12(3-4)5(7(9)10)1-6(13)14;4-3-1-5-6-2-3/h2-3,5,7H,1H2,(H,13,14);1-2H,(H,5,6). The number of aromatic nitrogens is 4. The first kappa shape index (κ1) is 15.7. The smallest absolute Gasteiger partial charge is 0.305 e.